The van der Waals surface area contributed by atoms with Gasteiger partial charge in [0.2, 0.25) is 0 Å². The van der Waals surface area contributed by atoms with Crippen LogP contribution in [0.5, 0.6) is 11.5 Å². The van der Waals surface area contributed by atoms with Crippen molar-refractivity contribution in [1.29, 1.82) is 0 Å². The Morgan fingerprint density at radius 1 is 1.15 bits per heavy atom. The number of hydrogen-bond donors (Lipinski definition) is 0. The van der Waals surface area contributed by atoms with E-state index in [2.05, 4.69) is 15.9 Å². The molecule has 0 radical (unpaired) electrons. The van der Waals surface area contributed by atoms with Crippen LogP contribution in [0.2, 0.25) is 0 Å². The van der Waals surface area contributed by atoms with Crippen molar-refractivity contribution in [3.63, 3.8) is 0 Å². The first-order valence-electron chi connectivity index (χ1n) is 8.65. The fourth-order valence-corrected chi connectivity index (χ4v) is 3.06. The van der Waals surface area contributed by atoms with Crippen LogP contribution >= 0.6 is 28.1 Å². The maximum absolute atomic E-state index is 12.5. The van der Waals surface area contributed by atoms with Crippen LogP contribution < -0.4 is 9.47 Å². The summed E-state index contributed by atoms with van der Waals surface area (Å²) in [6.07, 6.45) is 2.43. The fourth-order valence-electron chi connectivity index (χ4n) is 2.45. The lowest BCUT2D eigenvalue weighted by molar-refractivity contribution is -0.132. The molecule has 0 aliphatic carbocycles. The summed E-state index contributed by atoms with van der Waals surface area (Å²) >= 11 is 8.61. The average Bonchev–Trinajstić information content (AvgIpc) is 2.65. The largest absolute Gasteiger partial charge is 0.490 e. The van der Waals surface area contributed by atoms with Crippen molar-refractivity contribution in [2.24, 2.45) is 0 Å². The SMILES string of the molecule is CCOc1cc(C=C2C(=O)N(C)C(=S)N(C)C2=O)c(Br)cc1O[C@H](C)CC. The van der Waals surface area contributed by atoms with Crippen LogP contribution in [-0.4, -0.2) is 53.5 Å². The Kier molecular flexibility index (Phi) is 7.00. The quantitative estimate of drug-likeness (QED) is 0.373. The van der Waals surface area contributed by atoms with Crippen molar-refractivity contribution in [2.75, 3.05) is 20.7 Å². The van der Waals surface area contributed by atoms with E-state index >= 15 is 0 Å². The van der Waals surface area contributed by atoms with Gasteiger partial charge in [0.05, 0.1) is 12.7 Å². The van der Waals surface area contributed by atoms with Gasteiger partial charge in [-0.05, 0) is 56.3 Å². The molecule has 1 aromatic rings. The minimum Gasteiger partial charge on any atom is -0.490 e. The van der Waals surface area contributed by atoms with E-state index in [0.717, 1.165) is 6.42 Å². The smallest absolute Gasteiger partial charge is 0.265 e. The topological polar surface area (TPSA) is 59.1 Å². The highest BCUT2D eigenvalue weighted by molar-refractivity contribution is 9.10. The molecule has 0 bridgehead atoms. The molecule has 1 aliphatic rings. The third kappa shape index (κ3) is 4.50. The van der Waals surface area contributed by atoms with E-state index in [4.69, 9.17) is 21.7 Å². The summed E-state index contributed by atoms with van der Waals surface area (Å²) in [6, 6.07) is 3.55. The monoisotopic (exact) mass is 454 g/mol. The van der Waals surface area contributed by atoms with Crippen LogP contribution in [0.25, 0.3) is 6.08 Å². The van der Waals surface area contributed by atoms with E-state index < -0.39 is 11.8 Å². The molecule has 146 valence electrons. The van der Waals surface area contributed by atoms with Gasteiger partial charge in [0, 0.05) is 18.6 Å². The minimum absolute atomic E-state index is 0.0325. The maximum Gasteiger partial charge on any atom is 0.265 e. The number of thiocarbonyl (C=S) groups is 1. The molecule has 6 nitrogen and oxygen atoms in total. The fraction of sp³-hybridized carbons (Fsp3) is 0.421. The molecule has 0 saturated carbocycles. The molecule has 1 heterocycles. The van der Waals surface area contributed by atoms with Crippen LogP contribution in [-0.2, 0) is 9.59 Å². The normalized spacial score (nSPS) is 15.9. The zero-order valence-electron chi connectivity index (χ0n) is 16.0. The highest BCUT2D eigenvalue weighted by atomic mass is 79.9. The van der Waals surface area contributed by atoms with Crippen molar-refractivity contribution in [2.45, 2.75) is 33.3 Å². The molecule has 27 heavy (non-hydrogen) atoms. The molecule has 0 N–H and O–H groups in total. The zero-order chi connectivity index (χ0) is 20.3. The molecule has 0 aromatic heterocycles. The van der Waals surface area contributed by atoms with Crippen molar-refractivity contribution < 1.29 is 19.1 Å². The molecule has 0 unspecified atom stereocenters. The van der Waals surface area contributed by atoms with Crippen molar-refractivity contribution in [3.8, 4) is 11.5 Å². The molecule has 1 aromatic carbocycles. The number of carbonyl (C=O) groups excluding carboxylic acids is 2. The summed E-state index contributed by atoms with van der Waals surface area (Å²) < 4.78 is 12.3. The second-order valence-corrected chi connectivity index (χ2v) is 7.38. The zero-order valence-corrected chi connectivity index (χ0v) is 18.4. The predicted molar refractivity (Wildman–Crippen MR) is 112 cm³/mol. The van der Waals surface area contributed by atoms with E-state index in [0.29, 0.717) is 28.1 Å². The van der Waals surface area contributed by atoms with Gasteiger partial charge in [0.15, 0.2) is 16.6 Å². The lowest BCUT2D eigenvalue weighted by Gasteiger charge is -2.31. The Morgan fingerprint density at radius 2 is 1.74 bits per heavy atom. The lowest BCUT2D eigenvalue weighted by atomic mass is 10.1. The maximum atomic E-state index is 12.5. The summed E-state index contributed by atoms with van der Waals surface area (Å²) in [6.45, 7) is 6.36. The number of ether oxygens (including phenoxy) is 2. The van der Waals surface area contributed by atoms with Gasteiger partial charge in [-0.3, -0.25) is 19.4 Å². The number of benzene rings is 1. The Labute approximate surface area is 173 Å². The lowest BCUT2D eigenvalue weighted by Crippen LogP contribution is -2.52. The van der Waals surface area contributed by atoms with Gasteiger partial charge in [0.25, 0.3) is 11.8 Å². The molecule has 1 fully saturated rings. The van der Waals surface area contributed by atoms with E-state index in [1.165, 1.54) is 9.80 Å². The Morgan fingerprint density at radius 3 is 2.26 bits per heavy atom. The third-order valence-electron chi connectivity index (χ3n) is 4.21. The molecular weight excluding hydrogens is 432 g/mol. The summed E-state index contributed by atoms with van der Waals surface area (Å²) in [4.78, 5) is 27.6. The first-order chi connectivity index (χ1) is 12.7. The van der Waals surface area contributed by atoms with Crippen LogP contribution in [0.4, 0.5) is 0 Å². The van der Waals surface area contributed by atoms with Gasteiger partial charge in [-0.2, -0.15) is 0 Å². The van der Waals surface area contributed by atoms with Crippen LogP contribution in [0.3, 0.4) is 0 Å². The van der Waals surface area contributed by atoms with Crippen LogP contribution in [0.15, 0.2) is 22.2 Å². The van der Waals surface area contributed by atoms with Crippen molar-refractivity contribution in [3.05, 3.63) is 27.7 Å². The minimum atomic E-state index is -0.437. The predicted octanol–water partition coefficient (Wildman–Crippen LogP) is 3.62. The number of likely N-dealkylation sites (N-methyl/N-ethyl adjacent to an activating group) is 2. The Hall–Kier alpha value is -1.93. The number of rotatable bonds is 6. The van der Waals surface area contributed by atoms with Crippen molar-refractivity contribution >= 4 is 51.2 Å². The van der Waals surface area contributed by atoms with E-state index in [1.807, 2.05) is 20.8 Å². The van der Waals surface area contributed by atoms with Gasteiger partial charge in [-0.25, -0.2) is 0 Å². The molecule has 1 aliphatic heterocycles. The highest BCUT2D eigenvalue weighted by Crippen LogP contribution is 2.36. The molecule has 8 heteroatoms. The molecule has 1 atom stereocenters. The van der Waals surface area contributed by atoms with E-state index in [1.54, 1.807) is 32.3 Å². The molecule has 1 saturated heterocycles. The summed E-state index contributed by atoms with van der Waals surface area (Å²) in [5.41, 5.74) is 0.675. The Balaban J connectivity index is 2.50. The summed E-state index contributed by atoms with van der Waals surface area (Å²) in [5, 5.41) is 0.175. The second-order valence-electron chi connectivity index (χ2n) is 6.16. The third-order valence-corrected chi connectivity index (χ3v) is 5.44. The van der Waals surface area contributed by atoms with Gasteiger partial charge >= 0.3 is 0 Å². The second kappa shape index (κ2) is 8.84. The molecular formula is C19H23BrN2O4S. The van der Waals surface area contributed by atoms with Crippen LogP contribution in [0.1, 0.15) is 32.8 Å². The van der Waals surface area contributed by atoms with Crippen molar-refractivity contribution in [1.82, 2.24) is 9.80 Å². The standard InChI is InChI=1S/C19H23BrN2O4S/c1-6-11(3)26-16-10-14(20)12(9-15(16)25-7-2)8-13-17(23)21(4)19(27)22(5)18(13)24/h8-11H,6-7H2,1-5H3/t11-/m1/s1. The first kappa shape index (κ1) is 21.4. The van der Waals surface area contributed by atoms with Gasteiger partial charge in [-0.1, -0.05) is 22.9 Å². The average molecular weight is 455 g/mol. The van der Waals surface area contributed by atoms with Gasteiger partial charge in [0.1, 0.15) is 5.57 Å². The highest BCUT2D eigenvalue weighted by Gasteiger charge is 2.35. The molecule has 0 spiro atoms. The summed E-state index contributed by atoms with van der Waals surface area (Å²) in [5.74, 6) is 0.290. The number of amides is 2. The first-order valence-corrected chi connectivity index (χ1v) is 9.86. The number of halogens is 1. The molecule has 2 rings (SSSR count). The van der Waals surface area contributed by atoms with E-state index in [-0.39, 0.29) is 16.8 Å². The number of carbonyl (C=O) groups is 2. The van der Waals surface area contributed by atoms with Crippen LogP contribution in [0, 0.1) is 0 Å². The Bertz CT molecular complexity index is 783. The van der Waals surface area contributed by atoms with E-state index in [9.17, 15) is 9.59 Å². The molecule has 2 amide bonds. The van der Waals surface area contributed by atoms with Gasteiger partial charge in [-0.15, -0.1) is 0 Å². The number of hydrogen-bond acceptors (Lipinski definition) is 5. The summed E-state index contributed by atoms with van der Waals surface area (Å²) in [7, 11) is 3.09. The van der Waals surface area contributed by atoms with Gasteiger partial charge < -0.3 is 9.47 Å². The number of nitrogens with zero attached hydrogens (tertiary/aromatic N) is 2.